The number of rotatable bonds is 3. The Kier molecular flexibility index (Phi) is 24.4. The summed E-state index contributed by atoms with van der Waals surface area (Å²) in [7, 11) is 0. The second-order valence-electron chi connectivity index (χ2n) is 1.77. The van der Waals surface area contributed by atoms with Gasteiger partial charge >= 0.3 is 5.97 Å². The van der Waals surface area contributed by atoms with Crippen molar-refractivity contribution in [2.75, 3.05) is 6.61 Å². The topological polar surface area (TPSA) is 26.3 Å². The Morgan fingerprint density at radius 3 is 1.67 bits per heavy atom. The van der Waals surface area contributed by atoms with Crippen LogP contribution in [0.1, 0.15) is 6.92 Å². The molecule has 15 heavy (non-hydrogen) atoms. The molecule has 0 saturated heterocycles. The van der Waals surface area contributed by atoms with Gasteiger partial charge in [-0.3, -0.25) is 0 Å². The van der Waals surface area contributed by atoms with Gasteiger partial charge in [0.2, 0.25) is 0 Å². The molecule has 0 aliphatic carbocycles. The molecular weight excluding hydrogens is 235 g/mol. The maximum Gasteiger partial charge on any atom is 0.330 e. The largest absolute Gasteiger partial charge is 0.463 e. The summed E-state index contributed by atoms with van der Waals surface area (Å²) in [6.45, 7) is 15.2. The second kappa shape index (κ2) is 18.7. The molecule has 0 aromatic rings. The van der Waals surface area contributed by atoms with Crippen LogP contribution in [0.25, 0.3) is 0 Å². The molecule has 0 heterocycles. The third kappa shape index (κ3) is 62.8. The number of halogens is 2. The molecule has 4 heteroatoms. The molecule has 0 fully saturated rings. The molecule has 0 atom stereocenters. The molecule has 0 radical (unpaired) electrons. The standard InChI is InChI=1S/C5H8O2.C4H6.C2H2Cl2/c1-3-5(6)7-4-2;1-3-4-2;1-2(3)4/h3H,1,4H2,2H3;3-4H,1-2H2;1H2. The number of carbonyl (C=O) groups excluding carboxylic acids is 1. The highest BCUT2D eigenvalue weighted by Crippen LogP contribution is 1.98. The van der Waals surface area contributed by atoms with Crippen molar-refractivity contribution in [3.8, 4) is 0 Å². The van der Waals surface area contributed by atoms with Crippen LogP contribution < -0.4 is 0 Å². The third-order valence-corrected chi connectivity index (χ3v) is 0.620. The second-order valence-corrected chi connectivity index (χ2v) is 2.87. The summed E-state index contributed by atoms with van der Waals surface area (Å²) >= 11 is 9.69. The molecule has 2 nitrogen and oxygen atoms in total. The molecule has 0 N–H and O–H groups in total. The fourth-order valence-electron chi connectivity index (χ4n) is 0.201. The molecule has 0 bridgehead atoms. The first-order valence-corrected chi connectivity index (χ1v) is 4.74. The number of esters is 1. The lowest BCUT2D eigenvalue weighted by molar-refractivity contribution is -0.137. The van der Waals surface area contributed by atoms with Crippen LogP contribution >= 0.6 is 23.2 Å². The van der Waals surface area contributed by atoms with Crippen LogP contribution in [0.15, 0.2) is 49.0 Å². The smallest absolute Gasteiger partial charge is 0.330 e. The minimum absolute atomic E-state index is 0.111. The quantitative estimate of drug-likeness (QED) is 0.430. The lowest BCUT2D eigenvalue weighted by Gasteiger charge is -1.90. The highest BCUT2D eigenvalue weighted by Gasteiger charge is 1.86. The highest BCUT2D eigenvalue weighted by molar-refractivity contribution is 6.55. The first-order valence-electron chi connectivity index (χ1n) is 3.98. The molecule has 0 aromatic carbocycles. The number of hydrogen-bond acceptors (Lipinski definition) is 2. The van der Waals surface area contributed by atoms with Crippen molar-refractivity contribution < 1.29 is 9.53 Å². The molecule has 0 saturated carbocycles. The zero-order valence-electron chi connectivity index (χ0n) is 8.84. The lowest BCUT2D eigenvalue weighted by atomic mass is 10.6. The van der Waals surface area contributed by atoms with Gasteiger partial charge < -0.3 is 4.74 Å². The van der Waals surface area contributed by atoms with Gasteiger partial charge in [0.15, 0.2) is 0 Å². The Morgan fingerprint density at radius 2 is 1.60 bits per heavy atom. The van der Waals surface area contributed by atoms with Gasteiger partial charge in [0.05, 0.1) is 11.1 Å². The third-order valence-electron chi connectivity index (χ3n) is 0.620. The maximum absolute atomic E-state index is 10.1. The van der Waals surface area contributed by atoms with Crippen LogP contribution in [0.2, 0.25) is 0 Å². The van der Waals surface area contributed by atoms with E-state index in [2.05, 4.69) is 31.1 Å². The van der Waals surface area contributed by atoms with Crippen LogP contribution in [-0.4, -0.2) is 12.6 Å². The molecule has 0 aliphatic rings. The Labute approximate surface area is 102 Å². The Balaban J connectivity index is -0.000000155. The normalized spacial score (nSPS) is 6.60. The van der Waals surface area contributed by atoms with Gasteiger partial charge in [-0.15, -0.1) is 0 Å². The number of ether oxygens (including phenoxy) is 1. The Bertz CT molecular complexity index is 201. The average Bonchev–Trinajstić information content (AvgIpc) is 2.18. The van der Waals surface area contributed by atoms with E-state index in [-0.39, 0.29) is 10.5 Å². The summed E-state index contributed by atoms with van der Waals surface area (Å²) in [5, 5.41) is 0. The van der Waals surface area contributed by atoms with E-state index < -0.39 is 0 Å². The minimum Gasteiger partial charge on any atom is -0.463 e. The van der Waals surface area contributed by atoms with Gasteiger partial charge in [0.1, 0.15) is 0 Å². The molecule has 86 valence electrons. The zero-order chi connectivity index (χ0) is 12.7. The summed E-state index contributed by atoms with van der Waals surface area (Å²) in [4.78, 5) is 10.1. The summed E-state index contributed by atoms with van der Waals surface area (Å²) < 4.78 is 4.55. The van der Waals surface area contributed by atoms with E-state index in [1.54, 1.807) is 19.1 Å². The number of hydrogen-bond donors (Lipinski definition) is 0. The average molecular weight is 251 g/mol. The summed E-state index contributed by atoms with van der Waals surface area (Å²) in [6, 6.07) is 0. The molecule has 0 aromatic heterocycles. The molecule has 0 rings (SSSR count). The van der Waals surface area contributed by atoms with Crippen molar-refractivity contribution in [3.63, 3.8) is 0 Å². The van der Waals surface area contributed by atoms with Gasteiger partial charge in [0.25, 0.3) is 0 Å². The van der Waals surface area contributed by atoms with Gasteiger partial charge in [0, 0.05) is 6.08 Å². The monoisotopic (exact) mass is 250 g/mol. The Hall–Kier alpha value is -0.990. The first-order chi connectivity index (χ1) is 6.95. The highest BCUT2D eigenvalue weighted by atomic mass is 35.5. The van der Waals surface area contributed by atoms with Crippen molar-refractivity contribution in [1.82, 2.24) is 0 Å². The van der Waals surface area contributed by atoms with E-state index in [4.69, 9.17) is 23.2 Å². The molecule has 0 unspecified atom stereocenters. The molecule has 0 aliphatic heterocycles. The van der Waals surface area contributed by atoms with E-state index in [1.165, 1.54) is 0 Å². The van der Waals surface area contributed by atoms with Crippen molar-refractivity contribution in [2.45, 2.75) is 6.92 Å². The van der Waals surface area contributed by atoms with Crippen LogP contribution in [0, 0.1) is 0 Å². The van der Waals surface area contributed by atoms with E-state index >= 15 is 0 Å². The fraction of sp³-hybridized carbons (Fsp3) is 0.182. The van der Waals surface area contributed by atoms with Crippen molar-refractivity contribution >= 4 is 29.2 Å². The predicted octanol–water partition coefficient (Wildman–Crippen LogP) is 4.03. The first kappa shape index (κ1) is 19.6. The van der Waals surface area contributed by atoms with E-state index in [9.17, 15) is 4.79 Å². The van der Waals surface area contributed by atoms with E-state index in [1.807, 2.05) is 0 Å². The summed E-state index contributed by atoms with van der Waals surface area (Å²) in [6.07, 6.45) is 4.42. The minimum atomic E-state index is -0.359. The fourth-order valence-corrected chi connectivity index (χ4v) is 0.201. The van der Waals surface area contributed by atoms with Crippen LogP contribution in [0.3, 0.4) is 0 Å². The molecular formula is C11H16Cl2O2. The van der Waals surface area contributed by atoms with Crippen LogP contribution in [-0.2, 0) is 9.53 Å². The van der Waals surface area contributed by atoms with Crippen LogP contribution in [0.5, 0.6) is 0 Å². The molecule has 0 spiro atoms. The van der Waals surface area contributed by atoms with Crippen molar-refractivity contribution in [1.29, 1.82) is 0 Å². The van der Waals surface area contributed by atoms with Crippen molar-refractivity contribution in [3.05, 3.63) is 49.0 Å². The van der Waals surface area contributed by atoms with E-state index in [0.29, 0.717) is 6.61 Å². The lowest BCUT2D eigenvalue weighted by Crippen LogP contribution is -1.97. The SMILES string of the molecule is C=C(Cl)Cl.C=CC(=O)OCC.C=CC=C. The van der Waals surface area contributed by atoms with Gasteiger partial charge in [-0.05, 0) is 6.92 Å². The van der Waals surface area contributed by atoms with Gasteiger partial charge in [-0.25, -0.2) is 4.79 Å². The molecule has 0 amide bonds. The van der Waals surface area contributed by atoms with E-state index in [0.717, 1.165) is 6.08 Å². The maximum atomic E-state index is 10.1. The van der Waals surface area contributed by atoms with Gasteiger partial charge in [-0.2, -0.15) is 0 Å². The van der Waals surface area contributed by atoms with Crippen molar-refractivity contribution in [2.24, 2.45) is 0 Å². The number of carbonyl (C=O) groups is 1. The Morgan fingerprint density at radius 1 is 1.27 bits per heavy atom. The number of allylic oxidation sites excluding steroid dienone is 2. The summed E-state index contributed by atoms with van der Waals surface area (Å²) in [5.41, 5.74) is 0. The summed E-state index contributed by atoms with van der Waals surface area (Å²) in [5.74, 6) is -0.359. The predicted molar refractivity (Wildman–Crippen MR) is 68.1 cm³/mol. The van der Waals surface area contributed by atoms with Crippen LogP contribution in [0.4, 0.5) is 0 Å². The van der Waals surface area contributed by atoms with Gasteiger partial charge in [-0.1, -0.05) is 61.7 Å². The zero-order valence-corrected chi connectivity index (χ0v) is 10.4.